The van der Waals surface area contributed by atoms with E-state index in [1.807, 2.05) is 58.0 Å². The standard InChI is InChI=1S/C30H34N6O6/c1-6-42-25-13-20-7-8-34-22(21(20)14-24(25)41-5)15-26(32-27-18(3)11-17(2)12-19(27)4)35(30(34)39)9-10-36(40)29(38)28-23(37)16-31-33-28/h11-16,37,40H,6-10H2,1-5H3,(H,31,33)/b32-26+. The normalized spacial score (nSPS) is 12.6. The van der Waals surface area contributed by atoms with Gasteiger partial charge in [0.1, 0.15) is 5.49 Å². The maximum Gasteiger partial charge on any atom is 0.330 e. The fraction of sp³-hybridized carbons (Fsp3) is 0.333. The number of nitrogens with one attached hydrogen (secondary N) is 1. The van der Waals surface area contributed by atoms with Gasteiger partial charge in [0, 0.05) is 24.7 Å². The van der Waals surface area contributed by atoms with Gasteiger partial charge in [0.25, 0.3) is 5.91 Å². The Balaban J connectivity index is 1.65. The van der Waals surface area contributed by atoms with Crippen LogP contribution < -0.4 is 20.7 Å². The van der Waals surface area contributed by atoms with Gasteiger partial charge in [-0.05, 0) is 62.9 Å². The molecule has 2 aromatic carbocycles. The number of ether oxygens (including phenoxy) is 2. The predicted octanol–water partition coefficient (Wildman–Crippen LogP) is 3.40. The van der Waals surface area contributed by atoms with E-state index in [0.29, 0.717) is 47.3 Å². The van der Waals surface area contributed by atoms with Crippen molar-refractivity contribution < 1.29 is 24.6 Å². The largest absolute Gasteiger partial charge is 0.504 e. The Hall–Kier alpha value is -4.84. The minimum atomic E-state index is -0.876. The number of benzene rings is 2. The Morgan fingerprint density at radius 3 is 2.52 bits per heavy atom. The molecule has 0 fully saturated rings. The molecule has 1 amide bonds. The van der Waals surface area contributed by atoms with Crippen LogP contribution in [0.15, 0.2) is 46.3 Å². The highest BCUT2D eigenvalue weighted by Crippen LogP contribution is 2.37. The average molecular weight is 575 g/mol. The topological polar surface area (TPSA) is 147 Å². The lowest BCUT2D eigenvalue weighted by molar-refractivity contribution is -0.0608. The summed E-state index contributed by atoms with van der Waals surface area (Å²) in [6.45, 7) is 8.48. The zero-order valence-corrected chi connectivity index (χ0v) is 24.3. The van der Waals surface area contributed by atoms with Crippen LogP contribution in [0.4, 0.5) is 5.69 Å². The van der Waals surface area contributed by atoms with Crippen LogP contribution in [0.1, 0.15) is 39.7 Å². The molecule has 1 aliphatic rings. The Morgan fingerprint density at radius 1 is 1.14 bits per heavy atom. The average Bonchev–Trinajstić information content (AvgIpc) is 3.39. The number of aromatic nitrogens is 4. The SMILES string of the molecule is CCOc1cc2c(cc1OC)-c1c/c(=N\c3c(C)cc(C)cc3C)n(CCN(O)C(=O)c3[nH]ncc3O)c(=O)n1CC2. The lowest BCUT2D eigenvalue weighted by Gasteiger charge is -2.25. The lowest BCUT2D eigenvalue weighted by Crippen LogP contribution is -2.44. The molecule has 0 aliphatic carbocycles. The molecule has 4 aromatic rings. The van der Waals surface area contributed by atoms with Crippen molar-refractivity contribution in [1.29, 1.82) is 0 Å². The molecule has 0 spiro atoms. The summed E-state index contributed by atoms with van der Waals surface area (Å²) in [6, 6.07) is 9.75. The van der Waals surface area contributed by atoms with Crippen LogP contribution in [-0.2, 0) is 19.5 Å². The smallest absolute Gasteiger partial charge is 0.330 e. The molecule has 0 saturated carbocycles. The summed E-state index contributed by atoms with van der Waals surface area (Å²) in [5.74, 6) is -0.0533. The van der Waals surface area contributed by atoms with Crippen molar-refractivity contribution in [3.63, 3.8) is 0 Å². The van der Waals surface area contributed by atoms with Gasteiger partial charge >= 0.3 is 5.69 Å². The summed E-state index contributed by atoms with van der Waals surface area (Å²) in [7, 11) is 1.58. The number of amides is 1. The second-order valence-electron chi connectivity index (χ2n) is 10.2. The van der Waals surface area contributed by atoms with Crippen LogP contribution in [-0.4, -0.2) is 60.9 Å². The van der Waals surface area contributed by atoms with E-state index in [0.717, 1.165) is 39.7 Å². The zero-order valence-electron chi connectivity index (χ0n) is 24.3. The minimum Gasteiger partial charge on any atom is -0.504 e. The van der Waals surface area contributed by atoms with Crippen LogP contribution in [0.2, 0.25) is 0 Å². The van der Waals surface area contributed by atoms with E-state index in [1.165, 1.54) is 4.57 Å². The Morgan fingerprint density at radius 2 is 1.88 bits per heavy atom. The molecule has 12 heteroatoms. The van der Waals surface area contributed by atoms with Crippen LogP contribution in [0.5, 0.6) is 17.2 Å². The van der Waals surface area contributed by atoms with Gasteiger partial charge < -0.3 is 14.6 Å². The van der Waals surface area contributed by atoms with Crippen LogP contribution in [0.25, 0.3) is 11.3 Å². The zero-order chi connectivity index (χ0) is 30.1. The fourth-order valence-corrected chi connectivity index (χ4v) is 5.40. The van der Waals surface area contributed by atoms with Crippen LogP contribution >= 0.6 is 0 Å². The highest BCUT2D eigenvalue weighted by atomic mass is 16.5. The van der Waals surface area contributed by atoms with Gasteiger partial charge in [-0.15, -0.1) is 0 Å². The summed E-state index contributed by atoms with van der Waals surface area (Å²) in [6.07, 6.45) is 1.67. The van der Waals surface area contributed by atoms with Gasteiger partial charge in [-0.25, -0.2) is 14.9 Å². The number of fused-ring (bicyclic) bond motifs is 3. The van der Waals surface area contributed by atoms with Crippen molar-refractivity contribution in [1.82, 2.24) is 24.4 Å². The fourth-order valence-electron chi connectivity index (χ4n) is 5.40. The van der Waals surface area contributed by atoms with E-state index in [9.17, 15) is 19.9 Å². The molecule has 0 unspecified atom stereocenters. The molecule has 12 nitrogen and oxygen atoms in total. The summed E-state index contributed by atoms with van der Waals surface area (Å²) in [5, 5.41) is 26.8. The number of aromatic hydroxyl groups is 1. The van der Waals surface area contributed by atoms with E-state index < -0.39 is 5.91 Å². The molecule has 42 heavy (non-hydrogen) atoms. The first-order valence-corrected chi connectivity index (χ1v) is 13.7. The number of hydrogen-bond acceptors (Lipinski definition) is 8. The molecule has 0 bridgehead atoms. The van der Waals surface area contributed by atoms with Gasteiger partial charge in [-0.3, -0.25) is 24.2 Å². The third-order valence-corrected chi connectivity index (χ3v) is 7.33. The maximum absolute atomic E-state index is 14.0. The van der Waals surface area contributed by atoms with Gasteiger partial charge in [0.05, 0.1) is 37.8 Å². The van der Waals surface area contributed by atoms with Gasteiger partial charge in [-0.2, -0.15) is 5.10 Å². The third-order valence-electron chi connectivity index (χ3n) is 7.33. The number of rotatable bonds is 8. The lowest BCUT2D eigenvalue weighted by atomic mass is 9.97. The van der Waals surface area contributed by atoms with Crippen molar-refractivity contribution in [2.24, 2.45) is 4.99 Å². The highest BCUT2D eigenvalue weighted by molar-refractivity contribution is 5.93. The second kappa shape index (κ2) is 11.6. The first-order valence-electron chi connectivity index (χ1n) is 13.7. The minimum absolute atomic E-state index is 0.0570. The predicted molar refractivity (Wildman–Crippen MR) is 155 cm³/mol. The Labute approximate surface area is 242 Å². The molecule has 3 N–H and O–H groups in total. The monoisotopic (exact) mass is 574 g/mol. The van der Waals surface area contributed by atoms with E-state index in [4.69, 9.17) is 14.5 Å². The third kappa shape index (κ3) is 5.28. The quantitative estimate of drug-likeness (QED) is 0.216. The van der Waals surface area contributed by atoms with E-state index in [-0.39, 0.29) is 30.2 Å². The summed E-state index contributed by atoms with van der Waals surface area (Å²) < 4.78 is 14.5. The summed E-state index contributed by atoms with van der Waals surface area (Å²) >= 11 is 0. The van der Waals surface area contributed by atoms with Crippen LogP contribution in [0.3, 0.4) is 0 Å². The maximum atomic E-state index is 14.0. The highest BCUT2D eigenvalue weighted by Gasteiger charge is 2.24. The van der Waals surface area contributed by atoms with Gasteiger partial charge in [-0.1, -0.05) is 17.7 Å². The van der Waals surface area contributed by atoms with Gasteiger partial charge in [0.2, 0.25) is 0 Å². The van der Waals surface area contributed by atoms with Crippen molar-refractivity contribution >= 4 is 11.6 Å². The number of hydrogen-bond donors (Lipinski definition) is 3. The summed E-state index contributed by atoms with van der Waals surface area (Å²) in [5.41, 5.74) is 6.07. The first-order chi connectivity index (χ1) is 20.1. The number of nitrogens with zero attached hydrogens (tertiary/aromatic N) is 5. The van der Waals surface area contributed by atoms with Crippen molar-refractivity contribution in [3.8, 4) is 28.5 Å². The Kier molecular flexibility index (Phi) is 7.90. The van der Waals surface area contributed by atoms with E-state index >= 15 is 0 Å². The molecule has 2 aromatic heterocycles. The molecule has 0 radical (unpaired) electrons. The number of aromatic amines is 1. The van der Waals surface area contributed by atoms with E-state index in [1.54, 1.807) is 11.7 Å². The van der Waals surface area contributed by atoms with Crippen LogP contribution in [0, 0.1) is 20.8 Å². The Bertz CT molecular complexity index is 1780. The number of methoxy groups -OCH3 is 1. The molecule has 3 heterocycles. The van der Waals surface area contributed by atoms with Gasteiger partial charge in [0.15, 0.2) is 22.9 Å². The number of hydroxylamine groups is 2. The molecule has 1 aliphatic heterocycles. The second-order valence-corrected chi connectivity index (χ2v) is 10.2. The van der Waals surface area contributed by atoms with Crippen molar-refractivity contribution in [2.75, 3.05) is 20.3 Å². The number of carbonyl (C=O) groups excluding carboxylic acids is 1. The summed E-state index contributed by atoms with van der Waals surface area (Å²) in [4.78, 5) is 31.6. The molecular weight excluding hydrogens is 540 g/mol. The molecule has 5 rings (SSSR count). The molecular formula is C30H34N6O6. The molecule has 0 atom stereocenters. The number of aryl methyl sites for hydroxylation is 4. The first kappa shape index (κ1) is 28.7. The van der Waals surface area contributed by atoms with Crippen molar-refractivity contribution in [3.05, 3.63) is 80.4 Å². The number of carbonyl (C=O) groups is 1. The number of H-pyrrole nitrogens is 1. The van der Waals surface area contributed by atoms with Crippen molar-refractivity contribution in [2.45, 2.75) is 47.2 Å². The molecule has 220 valence electrons. The van der Waals surface area contributed by atoms with E-state index in [2.05, 4.69) is 10.2 Å². The molecule has 0 saturated heterocycles.